The Bertz CT molecular complexity index is 2660. The van der Waals surface area contributed by atoms with Crippen molar-refractivity contribution in [1.29, 1.82) is 0 Å². The Morgan fingerprint density at radius 1 is 0.615 bits per heavy atom. The molecular formula is C48H37N3O. The van der Waals surface area contributed by atoms with Gasteiger partial charge in [-0.3, -0.25) is 0 Å². The van der Waals surface area contributed by atoms with E-state index in [0.717, 1.165) is 67.0 Å². The van der Waals surface area contributed by atoms with Gasteiger partial charge in [0.05, 0.1) is 17.4 Å². The molecule has 2 aromatic heterocycles. The highest BCUT2D eigenvalue weighted by molar-refractivity contribution is 6.13. The number of benzene rings is 6. The van der Waals surface area contributed by atoms with Crippen LogP contribution < -0.4 is 4.90 Å². The third-order valence-corrected chi connectivity index (χ3v) is 11.1. The summed E-state index contributed by atoms with van der Waals surface area (Å²) in [4.78, 5) is 2.56. The molecule has 2 atom stereocenters. The van der Waals surface area contributed by atoms with E-state index in [1.165, 1.54) is 11.3 Å². The van der Waals surface area contributed by atoms with Crippen LogP contribution in [-0.4, -0.2) is 15.8 Å². The van der Waals surface area contributed by atoms with Crippen molar-refractivity contribution in [1.82, 2.24) is 9.78 Å². The number of rotatable bonds is 5. The van der Waals surface area contributed by atoms with Gasteiger partial charge in [0, 0.05) is 55.7 Å². The molecule has 1 aliphatic carbocycles. The summed E-state index contributed by atoms with van der Waals surface area (Å²) in [6.45, 7) is 4.78. The summed E-state index contributed by atoms with van der Waals surface area (Å²) >= 11 is 0. The van der Waals surface area contributed by atoms with E-state index in [1.54, 1.807) is 0 Å². The van der Waals surface area contributed by atoms with E-state index < -0.39 is 0 Å². The third-order valence-electron chi connectivity index (χ3n) is 11.1. The average Bonchev–Trinajstić information content (AvgIpc) is 3.79. The highest BCUT2D eigenvalue weighted by Gasteiger charge is 2.45. The van der Waals surface area contributed by atoms with Crippen molar-refractivity contribution in [3.05, 3.63) is 182 Å². The van der Waals surface area contributed by atoms with Crippen LogP contribution in [-0.2, 0) is 5.41 Å². The van der Waals surface area contributed by atoms with Crippen molar-refractivity contribution in [2.24, 2.45) is 5.92 Å². The summed E-state index contributed by atoms with van der Waals surface area (Å²) in [6.07, 6.45) is 9.18. The van der Waals surface area contributed by atoms with Crippen LogP contribution in [0.3, 0.4) is 0 Å². The molecule has 10 rings (SSSR count). The molecule has 0 N–H and O–H groups in total. The standard InChI is InChI=1S/C48H37N3O/c1-48(2)39-25-13-15-27-41(39)50(42-28-16-14-26-40(42)48)35-30-37-36-24-12-17-29-43(36)52-47(37)38(31-35)44-45(32-18-6-3-7-19-32)49-51(34-22-10-5-11-23-34)46(44)33-20-8-4-9-21-33/h3-31,39,41H,1-2H3. The lowest BCUT2D eigenvalue weighted by Crippen LogP contribution is -2.49. The fourth-order valence-electron chi connectivity index (χ4n) is 8.62. The summed E-state index contributed by atoms with van der Waals surface area (Å²) in [6, 6.07) is 53.8. The summed E-state index contributed by atoms with van der Waals surface area (Å²) in [5, 5.41) is 7.65. The Morgan fingerprint density at radius 2 is 1.27 bits per heavy atom. The molecule has 250 valence electrons. The Hall–Kier alpha value is -6.39. The molecular weight excluding hydrogens is 635 g/mol. The molecule has 0 fully saturated rings. The number of nitrogens with zero attached hydrogens (tertiary/aromatic N) is 3. The zero-order chi connectivity index (χ0) is 34.8. The van der Waals surface area contributed by atoms with Gasteiger partial charge in [-0.1, -0.05) is 153 Å². The molecule has 0 saturated carbocycles. The Balaban J connectivity index is 1.35. The lowest BCUT2D eigenvalue weighted by molar-refractivity contribution is 0.332. The van der Waals surface area contributed by atoms with Crippen molar-refractivity contribution in [2.75, 3.05) is 4.90 Å². The number of allylic oxidation sites excluding steroid dienone is 2. The molecule has 0 bridgehead atoms. The van der Waals surface area contributed by atoms with Gasteiger partial charge in [-0.05, 0) is 42.0 Å². The Morgan fingerprint density at radius 3 is 2.06 bits per heavy atom. The van der Waals surface area contributed by atoms with Crippen LogP contribution in [0.15, 0.2) is 180 Å². The van der Waals surface area contributed by atoms with Crippen LogP contribution in [0.5, 0.6) is 0 Å². The van der Waals surface area contributed by atoms with Gasteiger partial charge in [0.1, 0.15) is 16.9 Å². The molecule has 2 unspecified atom stereocenters. The number of hydrogen-bond acceptors (Lipinski definition) is 3. The monoisotopic (exact) mass is 671 g/mol. The minimum atomic E-state index is -0.0495. The van der Waals surface area contributed by atoms with Gasteiger partial charge in [0.15, 0.2) is 0 Å². The highest BCUT2D eigenvalue weighted by atomic mass is 16.3. The van der Waals surface area contributed by atoms with Crippen LogP contribution >= 0.6 is 0 Å². The first-order valence-electron chi connectivity index (χ1n) is 18.1. The normalized spacial score (nSPS) is 17.4. The average molecular weight is 672 g/mol. The molecule has 8 aromatic rings. The SMILES string of the molecule is CC1(C)c2ccccc2N(c2cc(-c3c(-c4ccccc4)nn(-c4ccccc4)c3-c3ccccc3)c3oc4ccccc4c3c2)C2C=CC=CC21. The van der Waals surface area contributed by atoms with Crippen molar-refractivity contribution >= 4 is 33.3 Å². The minimum absolute atomic E-state index is 0.0495. The van der Waals surface area contributed by atoms with E-state index in [0.29, 0.717) is 0 Å². The van der Waals surface area contributed by atoms with E-state index in [-0.39, 0.29) is 17.4 Å². The maximum absolute atomic E-state index is 6.91. The molecule has 6 aromatic carbocycles. The minimum Gasteiger partial charge on any atom is -0.455 e. The Kier molecular flexibility index (Phi) is 6.94. The second-order valence-corrected chi connectivity index (χ2v) is 14.4. The van der Waals surface area contributed by atoms with Gasteiger partial charge >= 0.3 is 0 Å². The Labute approximate surface area is 303 Å². The zero-order valence-corrected chi connectivity index (χ0v) is 29.1. The molecule has 2 aliphatic rings. The molecule has 0 saturated heterocycles. The quantitative estimate of drug-likeness (QED) is 0.183. The number of para-hydroxylation sites is 3. The highest BCUT2D eigenvalue weighted by Crippen LogP contribution is 2.53. The van der Waals surface area contributed by atoms with Crippen LogP contribution in [0.4, 0.5) is 11.4 Å². The molecule has 52 heavy (non-hydrogen) atoms. The first kappa shape index (κ1) is 30.4. The van der Waals surface area contributed by atoms with E-state index in [2.05, 4.69) is 199 Å². The third kappa shape index (κ3) is 4.64. The van der Waals surface area contributed by atoms with Crippen LogP contribution in [0, 0.1) is 5.92 Å². The van der Waals surface area contributed by atoms with Crippen molar-refractivity contribution in [3.8, 4) is 39.3 Å². The second-order valence-electron chi connectivity index (χ2n) is 14.4. The van der Waals surface area contributed by atoms with E-state index in [9.17, 15) is 0 Å². The van der Waals surface area contributed by atoms with Crippen LogP contribution in [0.2, 0.25) is 0 Å². The fourth-order valence-corrected chi connectivity index (χ4v) is 8.62. The predicted octanol–water partition coefficient (Wildman–Crippen LogP) is 12.3. The summed E-state index contributed by atoms with van der Waals surface area (Å²) in [7, 11) is 0. The maximum Gasteiger partial charge on any atom is 0.143 e. The van der Waals surface area contributed by atoms with Crippen molar-refractivity contribution in [2.45, 2.75) is 25.3 Å². The number of furan rings is 1. The molecule has 4 nitrogen and oxygen atoms in total. The lowest BCUT2D eigenvalue weighted by Gasteiger charge is -2.50. The maximum atomic E-state index is 6.91. The molecule has 4 heteroatoms. The summed E-state index contributed by atoms with van der Waals surface area (Å²) < 4.78 is 9.01. The number of fused-ring (bicyclic) bond motifs is 5. The van der Waals surface area contributed by atoms with Gasteiger partial charge in [-0.15, -0.1) is 0 Å². The van der Waals surface area contributed by atoms with E-state index in [4.69, 9.17) is 9.52 Å². The molecule has 0 radical (unpaired) electrons. The number of anilines is 2. The van der Waals surface area contributed by atoms with Crippen molar-refractivity contribution < 1.29 is 4.42 Å². The topological polar surface area (TPSA) is 34.2 Å². The molecule has 0 amide bonds. The predicted molar refractivity (Wildman–Crippen MR) is 214 cm³/mol. The molecule has 3 heterocycles. The van der Waals surface area contributed by atoms with Gasteiger partial charge in [-0.2, -0.15) is 5.10 Å². The number of aromatic nitrogens is 2. The van der Waals surface area contributed by atoms with Gasteiger partial charge < -0.3 is 9.32 Å². The van der Waals surface area contributed by atoms with Crippen LogP contribution in [0.25, 0.3) is 61.3 Å². The van der Waals surface area contributed by atoms with E-state index >= 15 is 0 Å². The number of hydrogen-bond donors (Lipinski definition) is 0. The van der Waals surface area contributed by atoms with Gasteiger partial charge in [0.2, 0.25) is 0 Å². The first-order chi connectivity index (χ1) is 25.6. The second kappa shape index (κ2) is 11.9. The first-order valence-corrected chi connectivity index (χ1v) is 18.1. The zero-order valence-electron chi connectivity index (χ0n) is 29.1. The van der Waals surface area contributed by atoms with E-state index in [1.807, 2.05) is 0 Å². The molecule has 1 aliphatic heterocycles. The fraction of sp³-hybridized carbons (Fsp3) is 0.104. The van der Waals surface area contributed by atoms with Crippen LogP contribution in [0.1, 0.15) is 19.4 Å². The molecule has 0 spiro atoms. The largest absolute Gasteiger partial charge is 0.455 e. The van der Waals surface area contributed by atoms with Gasteiger partial charge in [-0.25, -0.2) is 4.68 Å². The lowest BCUT2D eigenvalue weighted by atomic mass is 9.65. The van der Waals surface area contributed by atoms with Gasteiger partial charge in [0.25, 0.3) is 0 Å². The smallest absolute Gasteiger partial charge is 0.143 e. The summed E-state index contributed by atoms with van der Waals surface area (Å²) in [5.41, 5.74) is 12.5. The summed E-state index contributed by atoms with van der Waals surface area (Å²) in [5.74, 6) is 0.285. The van der Waals surface area contributed by atoms with Crippen molar-refractivity contribution in [3.63, 3.8) is 0 Å².